The third-order valence-electron chi connectivity index (χ3n) is 7.46. The molecule has 1 N–H and O–H groups in total. The van der Waals surface area contributed by atoms with Crippen LogP contribution in [0.15, 0.2) is 73.3 Å². The van der Waals surface area contributed by atoms with Gasteiger partial charge in [-0.25, -0.2) is 24.5 Å². The van der Waals surface area contributed by atoms with Crippen molar-refractivity contribution in [2.75, 3.05) is 6.61 Å². The molecule has 0 spiro atoms. The zero-order valence-electron chi connectivity index (χ0n) is 27.4. The second-order valence-electron chi connectivity index (χ2n) is 11.2. The molecule has 0 bridgehead atoms. The van der Waals surface area contributed by atoms with Crippen LogP contribution < -0.4 is 5.32 Å². The lowest BCUT2D eigenvalue weighted by atomic mass is 10.1. The number of nitrogens with one attached hydrogen (secondary N) is 1. The number of amides is 1. The van der Waals surface area contributed by atoms with Crippen LogP contribution in [0.25, 0.3) is 11.2 Å². The molecule has 1 saturated heterocycles. The van der Waals surface area contributed by atoms with E-state index in [2.05, 4.69) is 20.3 Å². The van der Waals surface area contributed by atoms with Gasteiger partial charge < -0.3 is 33.7 Å². The van der Waals surface area contributed by atoms with Gasteiger partial charge >= 0.3 is 30.0 Å². The monoisotopic (exact) mass is 689 g/mol. The second-order valence-corrected chi connectivity index (χ2v) is 11.2. The molecule has 50 heavy (non-hydrogen) atoms. The van der Waals surface area contributed by atoms with Crippen molar-refractivity contribution in [1.82, 2.24) is 24.8 Å². The quantitative estimate of drug-likeness (QED) is 0.159. The number of fused-ring (bicyclic) bond motifs is 1. The van der Waals surface area contributed by atoms with E-state index in [1.807, 2.05) is 24.3 Å². The van der Waals surface area contributed by atoms with Crippen LogP contribution in [-0.2, 0) is 67.2 Å². The minimum Gasteiger partial charge on any atom is -0.463 e. The summed E-state index contributed by atoms with van der Waals surface area (Å²) in [6, 6.07) is 16.8. The summed E-state index contributed by atoms with van der Waals surface area (Å²) in [5.41, 5.74) is 2.18. The average molecular weight is 690 g/mol. The lowest BCUT2D eigenvalue weighted by molar-refractivity contribution is -0.166. The molecular weight excluding hydrogens is 654 g/mol. The van der Waals surface area contributed by atoms with Crippen molar-refractivity contribution in [2.24, 2.45) is 0 Å². The van der Waals surface area contributed by atoms with Crippen molar-refractivity contribution >= 4 is 41.1 Å². The minimum atomic E-state index is -1.25. The molecule has 16 heteroatoms. The van der Waals surface area contributed by atoms with Crippen LogP contribution in [0.5, 0.6) is 0 Å². The molecule has 1 amide bonds. The highest BCUT2D eigenvalue weighted by Gasteiger charge is 2.51. The van der Waals surface area contributed by atoms with Crippen LogP contribution in [0.4, 0.5) is 4.79 Å². The summed E-state index contributed by atoms with van der Waals surface area (Å²) >= 11 is 0. The summed E-state index contributed by atoms with van der Waals surface area (Å²) in [5, 5.41) is 2.58. The number of hydrogen-bond acceptors (Lipinski definition) is 14. The van der Waals surface area contributed by atoms with Crippen molar-refractivity contribution in [2.45, 2.75) is 71.0 Å². The number of ether oxygens (including phenoxy) is 6. The van der Waals surface area contributed by atoms with Gasteiger partial charge in [-0.1, -0.05) is 60.7 Å². The Morgan fingerprint density at radius 1 is 0.780 bits per heavy atom. The van der Waals surface area contributed by atoms with E-state index in [1.165, 1.54) is 38.0 Å². The molecule has 1 aliphatic heterocycles. The summed E-state index contributed by atoms with van der Waals surface area (Å²) < 4.78 is 34.6. The molecule has 1 aliphatic rings. The first-order chi connectivity index (χ1) is 24.1. The Balaban J connectivity index is 1.41. The number of alkyl carbamates (subject to hydrolysis) is 1. The number of imidazole rings is 1. The minimum absolute atomic E-state index is 0.0295. The molecule has 2 aromatic carbocycles. The van der Waals surface area contributed by atoms with Crippen LogP contribution in [0.3, 0.4) is 0 Å². The maximum atomic E-state index is 13.4. The van der Waals surface area contributed by atoms with Crippen LogP contribution >= 0.6 is 0 Å². The summed E-state index contributed by atoms with van der Waals surface area (Å²) in [5.74, 6) is -2.70. The third kappa shape index (κ3) is 9.16. The van der Waals surface area contributed by atoms with Gasteiger partial charge in [0.1, 0.15) is 43.8 Å². The number of carbonyl (C=O) groups is 5. The Kier molecular flexibility index (Phi) is 11.7. The zero-order valence-corrected chi connectivity index (χ0v) is 27.4. The number of carbonyl (C=O) groups excluding carboxylic acids is 5. The Labute approximate surface area is 286 Å². The third-order valence-corrected chi connectivity index (χ3v) is 7.46. The van der Waals surface area contributed by atoms with E-state index in [4.69, 9.17) is 28.4 Å². The van der Waals surface area contributed by atoms with Gasteiger partial charge in [-0.05, 0) is 11.1 Å². The Morgan fingerprint density at radius 3 is 2.02 bits per heavy atom. The number of benzene rings is 2. The van der Waals surface area contributed by atoms with Crippen molar-refractivity contribution in [3.8, 4) is 0 Å². The fraction of sp³-hybridized carbons (Fsp3) is 0.353. The SMILES string of the molecule is CC(=O)OC[C@H]1O[C@@H](n2cnc3c(C[C@@H](NC(=O)OCc4ccccc4)C(=O)OCc4ccccc4)ncnc32)[C@H](OC(C)=O)[C@@H]1OC(C)=O. The Hall–Kier alpha value is -5.90. The molecule has 0 aliphatic carbocycles. The predicted octanol–water partition coefficient (Wildman–Crippen LogP) is 2.73. The highest BCUT2D eigenvalue weighted by molar-refractivity contribution is 5.83. The molecule has 5 atom stereocenters. The van der Waals surface area contributed by atoms with Crippen molar-refractivity contribution < 1.29 is 52.4 Å². The van der Waals surface area contributed by atoms with Crippen LogP contribution in [-0.4, -0.2) is 80.5 Å². The number of aromatic nitrogens is 4. The molecule has 0 unspecified atom stereocenters. The first kappa shape index (κ1) is 35.4. The fourth-order valence-corrected chi connectivity index (χ4v) is 5.28. The highest BCUT2D eigenvalue weighted by Crippen LogP contribution is 2.36. The molecule has 3 heterocycles. The summed E-state index contributed by atoms with van der Waals surface area (Å²) in [4.78, 5) is 75.1. The van der Waals surface area contributed by atoms with Gasteiger partial charge in [-0.3, -0.25) is 19.0 Å². The van der Waals surface area contributed by atoms with E-state index in [0.717, 1.165) is 11.1 Å². The van der Waals surface area contributed by atoms with Gasteiger partial charge in [0.25, 0.3) is 0 Å². The van der Waals surface area contributed by atoms with E-state index in [-0.39, 0.29) is 43.1 Å². The average Bonchev–Trinajstić information content (AvgIpc) is 3.67. The largest absolute Gasteiger partial charge is 0.463 e. The van der Waals surface area contributed by atoms with Crippen LogP contribution in [0, 0.1) is 0 Å². The van der Waals surface area contributed by atoms with Crippen molar-refractivity contribution in [1.29, 1.82) is 0 Å². The van der Waals surface area contributed by atoms with Gasteiger partial charge in [0.05, 0.1) is 12.0 Å². The molecule has 16 nitrogen and oxygen atoms in total. The topological polar surface area (TPSA) is 196 Å². The van der Waals surface area contributed by atoms with E-state index in [1.54, 1.807) is 36.4 Å². The Morgan fingerprint density at radius 2 is 1.40 bits per heavy atom. The molecule has 2 aromatic heterocycles. The summed E-state index contributed by atoms with van der Waals surface area (Å²) in [6.07, 6.45) is -2.91. The molecule has 4 aromatic rings. The highest BCUT2D eigenvalue weighted by atomic mass is 16.7. The number of rotatable bonds is 13. The lowest BCUT2D eigenvalue weighted by Crippen LogP contribution is -2.43. The molecule has 0 saturated carbocycles. The van der Waals surface area contributed by atoms with E-state index in [9.17, 15) is 24.0 Å². The molecular formula is C34H35N5O11. The number of esters is 4. The lowest BCUT2D eigenvalue weighted by Gasteiger charge is -2.23. The molecule has 0 radical (unpaired) electrons. The van der Waals surface area contributed by atoms with Crippen LogP contribution in [0.2, 0.25) is 0 Å². The first-order valence-corrected chi connectivity index (χ1v) is 15.6. The smallest absolute Gasteiger partial charge is 0.408 e. The van der Waals surface area contributed by atoms with Gasteiger partial charge in [0.2, 0.25) is 0 Å². The van der Waals surface area contributed by atoms with Crippen molar-refractivity contribution in [3.63, 3.8) is 0 Å². The van der Waals surface area contributed by atoms with E-state index in [0.29, 0.717) is 0 Å². The van der Waals surface area contributed by atoms with E-state index >= 15 is 0 Å². The predicted molar refractivity (Wildman–Crippen MR) is 170 cm³/mol. The maximum Gasteiger partial charge on any atom is 0.408 e. The summed E-state index contributed by atoms with van der Waals surface area (Å²) in [6.45, 7) is 3.20. The zero-order chi connectivity index (χ0) is 35.6. The van der Waals surface area contributed by atoms with Gasteiger partial charge in [-0.15, -0.1) is 0 Å². The number of nitrogens with zero attached hydrogens (tertiary/aromatic N) is 4. The normalized spacial score (nSPS) is 18.9. The fourth-order valence-electron chi connectivity index (χ4n) is 5.28. The Bertz CT molecular complexity index is 1820. The molecule has 1 fully saturated rings. The second kappa shape index (κ2) is 16.5. The maximum absolute atomic E-state index is 13.4. The van der Waals surface area contributed by atoms with E-state index < -0.39 is 60.6 Å². The van der Waals surface area contributed by atoms with Gasteiger partial charge in [0, 0.05) is 27.2 Å². The molecule has 262 valence electrons. The first-order valence-electron chi connectivity index (χ1n) is 15.6. The summed E-state index contributed by atoms with van der Waals surface area (Å²) in [7, 11) is 0. The van der Waals surface area contributed by atoms with Gasteiger partial charge in [0.15, 0.2) is 24.1 Å². The van der Waals surface area contributed by atoms with Crippen LogP contribution in [0.1, 0.15) is 43.8 Å². The van der Waals surface area contributed by atoms with Crippen molar-refractivity contribution in [3.05, 3.63) is 90.1 Å². The number of hydrogen-bond donors (Lipinski definition) is 1. The van der Waals surface area contributed by atoms with Gasteiger partial charge in [-0.2, -0.15) is 0 Å². The standard InChI is InChI=1S/C34H35N5O11/c1-20(40)45-17-27-29(48-21(2)41)30(49-22(3)42)32(50-27)39-19-37-28-25(35-18-36-31(28)39)14-26(33(43)46-15-23-10-6-4-7-11-23)38-34(44)47-16-24-12-8-5-9-13-24/h4-13,18-19,26-27,29-30,32H,14-17H2,1-3H3,(H,38,44)/t26-,27-,29-,30-,32-/m1/s1. The molecule has 5 rings (SSSR count).